The lowest BCUT2D eigenvalue weighted by molar-refractivity contribution is 0.177. The minimum atomic E-state index is 0.313. The van der Waals surface area contributed by atoms with E-state index in [4.69, 9.17) is 4.42 Å². The topological polar surface area (TPSA) is 28.4 Å². The highest BCUT2D eigenvalue weighted by Gasteiger charge is 2.18. The molecule has 0 amide bonds. The molecule has 108 valence electrons. The van der Waals surface area contributed by atoms with Crippen LogP contribution in [0.5, 0.6) is 0 Å². The number of likely N-dealkylation sites (tertiary alicyclic amines) is 1. The minimum absolute atomic E-state index is 0.313. The van der Waals surface area contributed by atoms with Crippen LogP contribution in [0, 0.1) is 5.92 Å². The van der Waals surface area contributed by atoms with E-state index in [-0.39, 0.29) is 0 Å². The van der Waals surface area contributed by atoms with E-state index in [1.807, 2.05) is 12.1 Å². The Kier molecular flexibility index (Phi) is 5.93. The molecule has 3 heteroatoms. The zero-order chi connectivity index (χ0) is 13.5. The lowest BCUT2D eigenvalue weighted by Gasteiger charge is -2.32. The van der Waals surface area contributed by atoms with Crippen molar-refractivity contribution in [3.63, 3.8) is 0 Å². The van der Waals surface area contributed by atoms with Crippen molar-refractivity contribution in [3.05, 3.63) is 24.2 Å². The summed E-state index contributed by atoms with van der Waals surface area (Å²) in [6.45, 7) is 9.21. The van der Waals surface area contributed by atoms with Crippen LogP contribution in [0.15, 0.2) is 22.8 Å². The van der Waals surface area contributed by atoms with Crippen LogP contribution < -0.4 is 5.32 Å². The second-order valence-electron chi connectivity index (χ2n) is 5.76. The number of nitrogens with zero attached hydrogens (tertiary/aromatic N) is 1. The van der Waals surface area contributed by atoms with Gasteiger partial charge >= 0.3 is 0 Å². The van der Waals surface area contributed by atoms with E-state index in [1.165, 1.54) is 38.8 Å². The summed E-state index contributed by atoms with van der Waals surface area (Å²) < 4.78 is 5.40. The maximum atomic E-state index is 5.40. The monoisotopic (exact) mass is 264 g/mol. The minimum Gasteiger partial charge on any atom is -0.468 e. The first kappa shape index (κ1) is 14.6. The Balaban J connectivity index is 1.59. The maximum Gasteiger partial charge on any atom is 0.120 e. The summed E-state index contributed by atoms with van der Waals surface area (Å²) in [6, 6.07) is 4.30. The molecule has 1 atom stereocenters. The summed E-state index contributed by atoms with van der Waals surface area (Å²) in [7, 11) is 0. The second kappa shape index (κ2) is 7.71. The highest BCUT2D eigenvalue weighted by molar-refractivity contribution is 5.02. The number of hydrogen-bond donors (Lipinski definition) is 1. The van der Waals surface area contributed by atoms with Gasteiger partial charge in [-0.15, -0.1) is 0 Å². The molecule has 2 rings (SSSR count). The van der Waals surface area contributed by atoms with Gasteiger partial charge < -0.3 is 14.6 Å². The Labute approximate surface area is 117 Å². The first-order chi connectivity index (χ1) is 9.29. The van der Waals surface area contributed by atoms with E-state index in [2.05, 4.69) is 24.1 Å². The number of rotatable bonds is 7. The third kappa shape index (κ3) is 4.66. The molecular formula is C16H28N2O. The Bertz CT molecular complexity index is 329. The van der Waals surface area contributed by atoms with E-state index in [1.54, 1.807) is 6.26 Å². The van der Waals surface area contributed by atoms with Crippen molar-refractivity contribution < 1.29 is 4.42 Å². The molecule has 1 N–H and O–H groups in total. The summed E-state index contributed by atoms with van der Waals surface area (Å²) >= 11 is 0. The average molecular weight is 264 g/mol. The largest absolute Gasteiger partial charge is 0.468 e. The Hall–Kier alpha value is -0.800. The molecule has 0 bridgehead atoms. The zero-order valence-electron chi connectivity index (χ0n) is 12.4. The third-order valence-electron chi connectivity index (χ3n) is 4.25. The quantitative estimate of drug-likeness (QED) is 0.817. The van der Waals surface area contributed by atoms with Gasteiger partial charge in [0, 0.05) is 13.1 Å². The van der Waals surface area contributed by atoms with Crippen molar-refractivity contribution in [2.45, 2.75) is 45.6 Å². The number of nitrogens with one attached hydrogen (secondary N) is 1. The number of piperidine rings is 1. The molecule has 1 aliphatic rings. The summed E-state index contributed by atoms with van der Waals surface area (Å²) in [5, 5.41) is 3.53. The maximum absolute atomic E-state index is 5.40. The van der Waals surface area contributed by atoms with Gasteiger partial charge in [0.25, 0.3) is 0 Å². The van der Waals surface area contributed by atoms with Crippen LogP contribution in [0.3, 0.4) is 0 Å². The third-order valence-corrected chi connectivity index (χ3v) is 4.25. The van der Waals surface area contributed by atoms with Crippen LogP contribution in [-0.2, 0) is 0 Å². The van der Waals surface area contributed by atoms with Gasteiger partial charge in [-0.25, -0.2) is 0 Å². The molecule has 1 unspecified atom stereocenters. The van der Waals surface area contributed by atoms with Gasteiger partial charge in [0.05, 0.1) is 12.3 Å². The van der Waals surface area contributed by atoms with Gasteiger partial charge in [-0.3, -0.25) is 0 Å². The lowest BCUT2D eigenvalue weighted by atomic mass is 9.92. The fraction of sp³-hybridized carbons (Fsp3) is 0.750. The van der Waals surface area contributed by atoms with Crippen molar-refractivity contribution in [2.24, 2.45) is 5.92 Å². The van der Waals surface area contributed by atoms with Crippen molar-refractivity contribution in [3.8, 4) is 0 Å². The molecule has 0 aliphatic carbocycles. The molecule has 1 fully saturated rings. The van der Waals surface area contributed by atoms with E-state index in [9.17, 15) is 0 Å². The highest BCUT2D eigenvalue weighted by Crippen LogP contribution is 2.21. The van der Waals surface area contributed by atoms with Gasteiger partial charge in [0.2, 0.25) is 0 Å². The summed E-state index contributed by atoms with van der Waals surface area (Å²) in [5.74, 6) is 2.01. The number of furan rings is 1. The smallest absolute Gasteiger partial charge is 0.120 e. The average Bonchev–Trinajstić information content (AvgIpc) is 2.95. The van der Waals surface area contributed by atoms with E-state index in [0.717, 1.165) is 24.8 Å². The normalized spacial score (nSPS) is 19.7. The molecule has 2 heterocycles. The van der Waals surface area contributed by atoms with Crippen LogP contribution in [0.1, 0.15) is 51.3 Å². The zero-order valence-corrected chi connectivity index (χ0v) is 12.4. The lowest BCUT2D eigenvalue weighted by Crippen LogP contribution is -2.38. The van der Waals surface area contributed by atoms with E-state index in [0.29, 0.717) is 6.04 Å². The second-order valence-corrected chi connectivity index (χ2v) is 5.76. The molecule has 1 aromatic rings. The molecule has 1 aromatic heterocycles. The molecular weight excluding hydrogens is 236 g/mol. The summed E-state index contributed by atoms with van der Waals surface area (Å²) in [6.07, 6.45) is 7.28. The molecule has 0 radical (unpaired) electrons. The Morgan fingerprint density at radius 2 is 2.21 bits per heavy atom. The molecule has 0 aromatic carbocycles. The molecule has 0 spiro atoms. The van der Waals surface area contributed by atoms with Crippen LogP contribution >= 0.6 is 0 Å². The van der Waals surface area contributed by atoms with Gasteiger partial charge in [-0.1, -0.05) is 19.8 Å². The van der Waals surface area contributed by atoms with Crippen LogP contribution in [0.4, 0.5) is 0 Å². The molecule has 0 saturated carbocycles. The van der Waals surface area contributed by atoms with E-state index < -0.39 is 0 Å². The molecule has 1 saturated heterocycles. The molecule has 19 heavy (non-hydrogen) atoms. The fourth-order valence-electron chi connectivity index (χ4n) is 2.98. The number of hydrogen-bond acceptors (Lipinski definition) is 3. The Morgan fingerprint density at radius 1 is 1.42 bits per heavy atom. The highest BCUT2D eigenvalue weighted by atomic mass is 16.3. The predicted molar refractivity (Wildman–Crippen MR) is 79.2 cm³/mol. The van der Waals surface area contributed by atoms with Crippen molar-refractivity contribution >= 4 is 0 Å². The Morgan fingerprint density at radius 3 is 2.84 bits per heavy atom. The predicted octanol–water partition coefficient (Wildman–Crippen LogP) is 3.44. The van der Waals surface area contributed by atoms with Crippen molar-refractivity contribution in [1.82, 2.24) is 10.2 Å². The van der Waals surface area contributed by atoms with Crippen LogP contribution in [-0.4, -0.2) is 31.1 Å². The standard InChI is InChI=1S/C16H28N2O/c1-3-5-15-7-10-18(11-8-15)12-9-17-14(2)16-6-4-13-19-16/h4,6,13-15,17H,3,5,7-12H2,1-2H3. The van der Waals surface area contributed by atoms with Gasteiger partial charge in [0.1, 0.15) is 5.76 Å². The van der Waals surface area contributed by atoms with Gasteiger partial charge in [-0.2, -0.15) is 0 Å². The summed E-state index contributed by atoms with van der Waals surface area (Å²) in [4.78, 5) is 2.59. The first-order valence-electron chi connectivity index (χ1n) is 7.78. The fourth-order valence-corrected chi connectivity index (χ4v) is 2.98. The van der Waals surface area contributed by atoms with E-state index >= 15 is 0 Å². The van der Waals surface area contributed by atoms with Gasteiger partial charge in [0.15, 0.2) is 0 Å². The van der Waals surface area contributed by atoms with Crippen molar-refractivity contribution in [2.75, 3.05) is 26.2 Å². The van der Waals surface area contributed by atoms with Gasteiger partial charge in [-0.05, 0) is 50.9 Å². The molecule has 1 aliphatic heterocycles. The summed E-state index contributed by atoms with van der Waals surface area (Å²) in [5.41, 5.74) is 0. The van der Waals surface area contributed by atoms with Crippen molar-refractivity contribution in [1.29, 1.82) is 0 Å². The molecule has 3 nitrogen and oxygen atoms in total. The van der Waals surface area contributed by atoms with Crippen LogP contribution in [0.2, 0.25) is 0 Å². The SMILES string of the molecule is CCCC1CCN(CCNC(C)c2ccco2)CC1. The first-order valence-corrected chi connectivity index (χ1v) is 7.78. The van der Waals surface area contributed by atoms with Crippen LogP contribution in [0.25, 0.3) is 0 Å².